The zero-order valence-corrected chi connectivity index (χ0v) is 14.4. The van der Waals surface area contributed by atoms with E-state index in [1.54, 1.807) is 30.3 Å². The minimum atomic E-state index is -3.73. The van der Waals surface area contributed by atoms with Crippen LogP contribution in [-0.2, 0) is 14.8 Å². The first-order valence-corrected chi connectivity index (χ1v) is 9.47. The molecule has 0 aliphatic carbocycles. The summed E-state index contributed by atoms with van der Waals surface area (Å²) in [5.41, 5.74) is 0.606. The number of anilines is 1. The molecule has 9 heteroatoms. The third-order valence-electron chi connectivity index (χ3n) is 4.06. The van der Waals surface area contributed by atoms with Gasteiger partial charge in [-0.15, -0.1) is 0 Å². The first-order chi connectivity index (χ1) is 12.5. The summed E-state index contributed by atoms with van der Waals surface area (Å²) in [7, 11) is -3.73. The maximum absolute atomic E-state index is 12.4. The number of fused-ring (bicyclic) bond motifs is 2. The summed E-state index contributed by atoms with van der Waals surface area (Å²) >= 11 is 0. The van der Waals surface area contributed by atoms with Gasteiger partial charge in [0.2, 0.25) is 16.8 Å². The van der Waals surface area contributed by atoms with Gasteiger partial charge in [-0.25, -0.2) is 13.1 Å². The summed E-state index contributed by atoms with van der Waals surface area (Å²) in [6.07, 6.45) is -0.561. The number of para-hydroxylation sites is 2. The van der Waals surface area contributed by atoms with Crippen molar-refractivity contribution in [3.63, 3.8) is 0 Å². The van der Waals surface area contributed by atoms with E-state index >= 15 is 0 Å². The Hall–Kier alpha value is -2.78. The molecule has 2 aromatic carbocycles. The maximum Gasteiger partial charge on any atom is 0.265 e. The van der Waals surface area contributed by atoms with Crippen LogP contribution >= 0.6 is 0 Å². The van der Waals surface area contributed by atoms with Crippen molar-refractivity contribution in [2.45, 2.75) is 17.4 Å². The van der Waals surface area contributed by atoms with Crippen molar-refractivity contribution >= 4 is 21.6 Å². The first kappa shape index (κ1) is 16.7. The summed E-state index contributed by atoms with van der Waals surface area (Å²) < 4.78 is 43.3. The van der Waals surface area contributed by atoms with Gasteiger partial charge in [-0.3, -0.25) is 4.79 Å². The van der Waals surface area contributed by atoms with Crippen LogP contribution in [0, 0.1) is 0 Å². The van der Waals surface area contributed by atoms with Crippen molar-refractivity contribution < 1.29 is 27.4 Å². The minimum absolute atomic E-state index is 0.0526. The van der Waals surface area contributed by atoms with Crippen molar-refractivity contribution in [3.05, 3.63) is 42.5 Å². The Balaban J connectivity index is 1.39. The number of hydrogen-bond donors (Lipinski definition) is 2. The van der Waals surface area contributed by atoms with E-state index in [0.29, 0.717) is 22.9 Å². The van der Waals surface area contributed by atoms with Crippen LogP contribution in [0.4, 0.5) is 5.69 Å². The lowest BCUT2D eigenvalue weighted by molar-refractivity contribution is -0.123. The van der Waals surface area contributed by atoms with E-state index in [-0.39, 0.29) is 30.6 Å². The Morgan fingerprint density at radius 3 is 2.77 bits per heavy atom. The lowest BCUT2D eigenvalue weighted by atomic mass is 10.2. The Bertz CT molecular complexity index is 959. The maximum atomic E-state index is 12.4. The molecule has 0 saturated carbocycles. The van der Waals surface area contributed by atoms with Crippen LogP contribution in [0.5, 0.6) is 17.2 Å². The van der Waals surface area contributed by atoms with Gasteiger partial charge in [-0.05, 0) is 24.3 Å². The molecule has 1 amide bonds. The fraction of sp³-hybridized carbons (Fsp3) is 0.235. The molecule has 0 saturated heterocycles. The second-order valence-electron chi connectivity index (χ2n) is 5.79. The molecule has 2 aliphatic rings. The molecular weight excluding hydrogens is 360 g/mol. The fourth-order valence-electron chi connectivity index (χ4n) is 2.73. The molecular formula is C17H16N2O6S. The molecule has 2 N–H and O–H groups in total. The molecule has 2 heterocycles. The summed E-state index contributed by atoms with van der Waals surface area (Å²) in [6.45, 7) is 0.124. The zero-order valence-electron chi connectivity index (χ0n) is 13.6. The van der Waals surface area contributed by atoms with Gasteiger partial charge in [0.25, 0.3) is 5.91 Å². The Morgan fingerprint density at radius 2 is 1.88 bits per heavy atom. The molecule has 4 rings (SSSR count). The SMILES string of the molecule is O=C1Nc2ccccc2OC1CCNS(=O)(=O)c1ccc2c(c1)OCO2. The van der Waals surface area contributed by atoms with Crippen LogP contribution in [0.3, 0.4) is 0 Å². The predicted molar refractivity (Wildman–Crippen MR) is 91.9 cm³/mol. The highest BCUT2D eigenvalue weighted by Gasteiger charge is 2.28. The van der Waals surface area contributed by atoms with Gasteiger partial charge < -0.3 is 19.5 Å². The summed E-state index contributed by atoms with van der Waals surface area (Å²) in [6, 6.07) is 11.5. The molecule has 0 fully saturated rings. The number of sulfonamides is 1. The number of nitrogens with one attached hydrogen (secondary N) is 2. The Labute approximate surface area is 150 Å². The second kappa shape index (κ2) is 6.50. The third-order valence-corrected chi connectivity index (χ3v) is 5.52. The number of rotatable bonds is 5. The molecule has 1 unspecified atom stereocenters. The van der Waals surface area contributed by atoms with E-state index in [1.165, 1.54) is 12.1 Å². The van der Waals surface area contributed by atoms with Gasteiger partial charge in [0.1, 0.15) is 5.75 Å². The molecule has 136 valence electrons. The van der Waals surface area contributed by atoms with Crippen molar-refractivity contribution in [2.75, 3.05) is 18.7 Å². The van der Waals surface area contributed by atoms with Crippen molar-refractivity contribution in [1.29, 1.82) is 0 Å². The smallest absolute Gasteiger partial charge is 0.265 e. The monoisotopic (exact) mass is 376 g/mol. The van der Waals surface area contributed by atoms with Crippen LogP contribution in [0.15, 0.2) is 47.4 Å². The summed E-state index contributed by atoms with van der Waals surface area (Å²) in [5.74, 6) is 1.16. The number of hydrogen-bond acceptors (Lipinski definition) is 6. The Kier molecular flexibility index (Phi) is 4.17. The lowest BCUT2D eigenvalue weighted by Gasteiger charge is -2.25. The lowest BCUT2D eigenvalue weighted by Crippen LogP contribution is -2.39. The molecule has 2 aliphatic heterocycles. The highest BCUT2D eigenvalue weighted by atomic mass is 32.2. The number of carbonyl (C=O) groups is 1. The van der Waals surface area contributed by atoms with Crippen LogP contribution in [0.2, 0.25) is 0 Å². The standard InChI is InChI=1S/C17H16N2O6S/c20-17-15(25-13-4-2-1-3-12(13)19-17)7-8-18-26(21,22)11-5-6-14-16(9-11)24-10-23-14/h1-6,9,15,18H,7-8,10H2,(H,19,20). The van der Waals surface area contributed by atoms with E-state index < -0.39 is 16.1 Å². The van der Waals surface area contributed by atoms with Crippen LogP contribution in [0.1, 0.15) is 6.42 Å². The average molecular weight is 376 g/mol. The van der Waals surface area contributed by atoms with E-state index in [1.807, 2.05) is 0 Å². The summed E-state index contributed by atoms with van der Waals surface area (Å²) in [4.78, 5) is 12.1. The van der Waals surface area contributed by atoms with Gasteiger partial charge >= 0.3 is 0 Å². The molecule has 0 bridgehead atoms. The van der Waals surface area contributed by atoms with Gasteiger partial charge in [0, 0.05) is 19.0 Å². The van der Waals surface area contributed by atoms with Crippen molar-refractivity contribution in [2.24, 2.45) is 0 Å². The Morgan fingerprint density at radius 1 is 1.08 bits per heavy atom. The zero-order chi connectivity index (χ0) is 18.1. The molecule has 26 heavy (non-hydrogen) atoms. The third kappa shape index (κ3) is 3.18. The molecule has 2 aromatic rings. The highest BCUT2D eigenvalue weighted by molar-refractivity contribution is 7.89. The highest BCUT2D eigenvalue weighted by Crippen LogP contribution is 2.34. The van der Waals surface area contributed by atoms with Crippen LogP contribution < -0.4 is 24.2 Å². The molecule has 0 radical (unpaired) electrons. The largest absolute Gasteiger partial charge is 0.478 e. The fourth-order valence-corrected chi connectivity index (χ4v) is 3.80. The predicted octanol–water partition coefficient (Wildman–Crippen LogP) is 1.48. The topological polar surface area (TPSA) is 103 Å². The van der Waals surface area contributed by atoms with Crippen molar-refractivity contribution in [3.8, 4) is 17.2 Å². The van der Waals surface area contributed by atoms with Gasteiger partial charge in [-0.1, -0.05) is 12.1 Å². The minimum Gasteiger partial charge on any atom is -0.478 e. The number of ether oxygens (including phenoxy) is 3. The van der Waals surface area contributed by atoms with E-state index in [9.17, 15) is 13.2 Å². The molecule has 1 atom stereocenters. The molecule has 0 aromatic heterocycles. The number of carbonyl (C=O) groups excluding carboxylic acids is 1. The average Bonchev–Trinajstić information content (AvgIpc) is 3.10. The number of amides is 1. The quantitative estimate of drug-likeness (QED) is 0.819. The number of benzene rings is 2. The van der Waals surface area contributed by atoms with Crippen molar-refractivity contribution in [1.82, 2.24) is 4.72 Å². The van der Waals surface area contributed by atoms with Gasteiger partial charge in [0.05, 0.1) is 10.6 Å². The van der Waals surface area contributed by atoms with E-state index in [2.05, 4.69) is 10.0 Å². The summed E-state index contributed by atoms with van der Waals surface area (Å²) in [5, 5.41) is 2.75. The normalized spacial score (nSPS) is 18.0. The molecule has 0 spiro atoms. The van der Waals surface area contributed by atoms with Crippen LogP contribution in [-0.4, -0.2) is 33.8 Å². The van der Waals surface area contributed by atoms with Gasteiger partial charge in [-0.2, -0.15) is 0 Å². The van der Waals surface area contributed by atoms with E-state index in [4.69, 9.17) is 14.2 Å². The van der Waals surface area contributed by atoms with E-state index in [0.717, 1.165) is 0 Å². The first-order valence-electron chi connectivity index (χ1n) is 7.99. The second-order valence-corrected chi connectivity index (χ2v) is 7.56. The van der Waals surface area contributed by atoms with Crippen LogP contribution in [0.25, 0.3) is 0 Å². The van der Waals surface area contributed by atoms with Gasteiger partial charge in [0.15, 0.2) is 17.6 Å². The molecule has 8 nitrogen and oxygen atoms in total.